The molecule has 0 heterocycles. The highest BCUT2D eigenvalue weighted by Gasteiger charge is 2.39. The summed E-state index contributed by atoms with van der Waals surface area (Å²) in [5.74, 6) is 0.581. The first-order valence-corrected chi connectivity index (χ1v) is 5.47. The Bertz CT molecular complexity index is 421. The summed E-state index contributed by atoms with van der Waals surface area (Å²) in [7, 11) is 0. The molecule has 0 aliphatic heterocycles. The number of hydrogen-bond donors (Lipinski definition) is 1. The van der Waals surface area contributed by atoms with E-state index in [9.17, 15) is 4.79 Å². The molecule has 82 valence electrons. The van der Waals surface area contributed by atoms with Crippen molar-refractivity contribution in [3.8, 4) is 6.07 Å². The van der Waals surface area contributed by atoms with E-state index < -0.39 is 6.04 Å². The lowest BCUT2D eigenvalue weighted by molar-refractivity contribution is -0.123. The number of carbonyl (C=O) groups excluding carboxylic acids is 1. The van der Waals surface area contributed by atoms with Crippen LogP contribution in [0.3, 0.4) is 0 Å². The van der Waals surface area contributed by atoms with Gasteiger partial charge in [0, 0.05) is 5.92 Å². The normalized spacial score (nSPS) is 24.2. The zero-order valence-corrected chi connectivity index (χ0v) is 9.18. The summed E-state index contributed by atoms with van der Waals surface area (Å²) in [5, 5.41) is 11.8. The van der Waals surface area contributed by atoms with E-state index in [4.69, 9.17) is 5.26 Å². The molecule has 0 radical (unpaired) electrons. The first-order chi connectivity index (χ1) is 7.72. The number of benzene rings is 1. The molecule has 0 saturated heterocycles. The molecule has 1 saturated carbocycles. The molecule has 1 aromatic rings. The Kier molecular flexibility index (Phi) is 2.91. The van der Waals surface area contributed by atoms with Crippen molar-refractivity contribution >= 4 is 5.91 Å². The van der Waals surface area contributed by atoms with Crippen LogP contribution in [0.5, 0.6) is 0 Å². The Hall–Kier alpha value is -1.82. The predicted molar refractivity (Wildman–Crippen MR) is 60.2 cm³/mol. The first kappa shape index (κ1) is 10.7. The van der Waals surface area contributed by atoms with Crippen LogP contribution in [0.1, 0.15) is 24.9 Å². The lowest BCUT2D eigenvalue weighted by atomic mass is 10.1. The fraction of sp³-hybridized carbons (Fsp3) is 0.385. The Morgan fingerprint density at radius 3 is 2.62 bits per heavy atom. The van der Waals surface area contributed by atoms with Gasteiger partial charge in [-0.1, -0.05) is 37.3 Å². The third-order valence-corrected chi connectivity index (χ3v) is 2.99. The third-order valence-electron chi connectivity index (χ3n) is 2.99. The van der Waals surface area contributed by atoms with Crippen LogP contribution < -0.4 is 5.32 Å². The maximum Gasteiger partial charge on any atom is 0.224 e. The Morgan fingerprint density at radius 2 is 2.12 bits per heavy atom. The van der Waals surface area contributed by atoms with Gasteiger partial charge in [-0.05, 0) is 17.9 Å². The van der Waals surface area contributed by atoms with E-state index in [2.05, 4.69) is 11.4 Å². The van der Waals surface area contributed by atoms with Crippen LogP contribution in [0.2, 0.25) is 0 Å². The Balaban J connectivity index is 2.02. The molecule has 3 heteroatoms. The number of amides is 1. The lowest BCUT2D eigenvalue weighted by Crippen LogP contribution is -2.29. The molecule has 1 aliphatic rings. The average Bonchev–Trinajstić information content (AvgIpc) is 3.04. The van der Waals surface area contributed by atoms with Gasteiger partial charge >= 0.3 is 0 Å². The molecule has 3 unspecified atom stereocenters. The number of rotatable bonds is 3. The smallest absolute Gasteiger partial charge is 0.224 e. The Labute approximate surface area is 95.1 Å². The van der Waals surface area contributed by atoms with E-state index in [1.165, 1.54) is 0 Å². The highest BCUT2D eigenvalue weighted by Crippen LogP contribution is 2.38. The molecular formula is C13H14N2O. The molecule has 2 rings (SSSR count). The van der Waals surface area contributed by atoms with E-state index in [0.717, 1.165) is 12.0 Å². The number of nitrogens with zero attached hydrogens (tertiary/aromatic N) is 1. The fourth-order valence-corrected chi connectivity index (χ4v) is 1.77. The number of hydrogen-bond acceptors (Lipinski definition) is 2. The van der Waals surface area contributed by atoms with Crippen LogP contribution in [0, 0.1) is 23.2 Å². The molecule has 16 heavy (non-hydrogen) atoms. The summed E-state index contributed by atoms with van der Waals surface area (Å²) < 4.78 is 0. The fourth-order valence-electron chi connectivity index (χ4n) is 1.77. The minimum absolute atomic E-state index is 0.00269. The van der Waals surface area contributed by atoms with Gasteiger partial charge in [0.1, 0.15) is 6.04 Å². The van der Waals surface area contributed by atoms with Gasteiger partial charge in [0.25, 0.3) is 0 Å². The largest absolute Gasteiger partial charge is 0.336 e. The highest BCUT2D eigenvalue weighted by molar-refractivity contribution is 5.82. The van der Waals surface area contributed by atoms with Crippen LogP contribution in [-0.4, -0.2) is 5.91 Å². The maximum atomic E-state index is 11.7. The van der Waals surface area contributed by atoms with Crippen molar-refractivity contribution < 1.29 is 4.79 Å². The summed E-state index contributed by atoms with van der Waals surface area (Å²) in [6.07, 6.45) is 0.943. The Morgan fingerprint density at radius 1 is 1.50 bits per heavy atom. The monoisotopic (exact) mass is 214 g/mol. The predicted octanol–water partition coefficient (Wildman–Crippen LogP) is 2.02. The minimum Gasteiger partial charge on any atom is -0.336 e. The first-order valence-electron chi connectivity index (χ1n) is 5.47. The van der Waals surface area contributed by atoms with Gasteiger partial charge in [0.2, 0.25) is 5.91 Å². The molecule has 1 aromatic carbocycles. The summed E-state index contributed by atoms with van der Waals surface area (Å²) >= 11 is 0. The molecule has 0 bridgehead atoms. The van der Waals surface area contributed by atoms with Gasteiger partial charge < -0.3 is 5.32 Å². The van der Waals surface area contributed by atoms with Crippen LogP contribution in [0.4, 0.5) is 0 Å². The highest BCUT2D eigenvalue weighted by atomic mass is 16.2. The molecule has 3 nitrogen and oxygen atoms in total. The van der Waals surface area contributed by atoms with Crippen molar-refractivity contribution in [1.82, 2.24) is 5.32 Å². The molecule has 0 spiro atoms. The van der Waals surface area contributed by atoms with E-state index in [-0.39, 0.29) is 11.8 Å². The summed E-state index contributed by atoms with van der Waals surface area (Å²) in [5.41, 5.74) is 0.839. The zero-order chi connectivity index (χ0) is 11.5. The van der Waals surface area contributed by atoms with E-state index in [0.29, 0.717) is 5.92 Å². The maximum absolute atomic E-state index is 11.7. The second kappa shape index (κ2) is 4.36. The quantitative estimate of drug-likeness (QED) is 0.836. The molecule has 3 atom stereocenters. The van der Waals surface area contributed by atoms with Gasteiger partial charge in [0.15, 0.2) is 0 Å². The van der Waals surface area contributed by atoms with Crippen LogP contribution in [0.15, 0.2) is 30.3 Å². The second-order valence-electron chi connectivity index (χ2n) is 4.30. The lowest BCUT2D eigenvalue weighted by Gasteiger charge is -2.11. The molecule has 1 amide bonds. The average molecular weight is 214 g/mol. The SMILES string of the molecule is CC1CC1C(=O)NC(C#N)c1ccccc1. The van der Waals surface area contributed by atoms with Crippen molar-refractivity contribution in [2.24, 2.45) is 11.8 Å². The van der Waals surface area contributed by atoms with Crippen molar-refractivity contribution in [2.75, 3.05) is 0 Å². The van der Waals surface area contributed by atoms with Crippen molar-refractivity contribution in [3.05, 3.63) is 35.9 Å². The van der Waals surface area contributed by atoms with Crippen molar-refractivity contribution in [1.29, 1.82) is 5.26 Å². The van der Waals surface area contributed by atoms with Crippen LogP contribution in [-0.2, 0) is 4.79 Å². The van der Waals surface area contributed by atoms with E-state index in [1.807, 2.05) is 37.3 Å². The van der Waals surface area contributed by atoms with Gasteiger partial charge in [-0.3, -0.25) is 4.79 Å². The minimum atomic E-state index is -0.526. The van der Waals surface area contributed by atoms with Gasteiger partial charge in [-0.25, -0.2) is 0 Å². The summed E-state index contributed by atoms with van der Waals surface area (Å²) in [4.78, 5) is 11.7. The number of nitriles is 1. The topological polar surface area (TPSA) is 52.9 Å². The molecule has 0 aromatic heterocycles. The molecule has 1 N–H and O–H groups in total. The molecule has 1 fully saturated rings. The molecular weight excluding hydrogens is 200 g/mol. The second-order valence-corrected chi connectivity index (χ2v) is 4.30. The summed E-state index contributed by atoms with van der Waals surface area (Å²) in [6, 6.07) is 10.9. The van der Waals surface area contributed by atoms with Gasteiger partial charge in [0.05, 0.1) is 6.07 Å². The molecule has 1 aliphatic carbocycles. The zero-order valence-electron chi connectivity index (χ0n) is 9.18. The van der Waals surface area contributed by atoms with Crippen LogP contribution >= 0.6 is 0 Å². The van der Waals surface area contributed by atoms with Gasteiger partial charge in [-0.2, -0.15) is 5.26 Å². The third kappa shape index (κ3) is 2.22. The van der Waals surface area contributed by atoms with Gasteiger partial charge in [-0.15, -0.1) is 0 Å². The van der Waals surface area contributed by atoms with Crippen LogP contribution in [0.25, 0.3) is 0 Å². The number of nitrogens with one attached hydrogen (secondary N) is 1. The number of carbonyl (C=O) groups is 1. The van der Waals surface area contributed by atoms with E-state index >= 15 is 0 Å². The van der Waals surface area contributed by atoms with E-state index in [1.54, 1.807) is 0 Å². The summed E-state index contributed by atoms with van der Waals surface area (Å²) in [6.45, 7) is 2.05. The van der Waals surface area contributed by atoms with Crippen molar-refractivity contribution in [3.63, 3.8) is 0 Å². The van der Waals surface area contributed by atoms with Crippen molar-refractivity contribution in [2.45, 2.75) is 19.4 Å². The standard InChI is InChI=1S/C13H14N2O/c1-9-7-11(9)13(16)15-12(8-14)10-5-3-2-4-6-10/h2-6,9,11-12H,7H2,1H3,(H,15,16).